The summed E-state index contributed by atoms with van der Waals surface area (Å²) >= 11 is 5.95. The molecule has 0 spiro atoms. The van der Waals surface area contributed by atoms with E-state index in [0.29, 0.717) is 16.5 Å². The summed E-state index contributed by atoms with van der Waals surface area (Å²) in [5.74, 6) is -0.0838. The fourth-order valence-corrected chi connectivity index (χ4v) is 2.43. The molecule has 0 saturated heterocycles. The van der Waals surface area contributed by atoms with Gasteiger partial charge in [0, 0.05) is 23.3 Å². The van der Waals surface area contributed by atoms with Gasteiger partial charge in [-0.3, -0.25) is 9.48 Å². The molecule has 124 valence electrons. The summed E-state index contributed by atoms with van der Waals surface area (Å²) < 4.78 is 6.89. The number of nitriles is 1. The van der Waals surface area contributed by atoms with Crippen molar-refractivity contribution in [2.24, 2.45) is 7.05 Å². The Labute approximate surface area is 145 Å². The van der Waals surface area contributed by atoms with Crippen molar-refractivity contribution in [2.75, 3.05) is 12.4 Å². The molecule has 6 nitrogen and oxygen atoms in total. The van der Waals surface area contributed by atoms with Gasteiger partial charge in [0.2, 0.25) is 0 Å². The average molecular weight is 345 g/mol. The average Bonchev–Trinajstić information content (AvgIpc) is 2.78. The van der Waals surface area contributed by atoms with Crippen LogP contribution in [-0.2, 0) is 11.8 Å². The van der Waals surface area contributed by atoms with Crippen molar-refractivity contribution in [3.63, 3.8) is 0 Å². The lowest BCUT2D eigenvalue weighted by molar-refractivity contribution is -0.112. The monoisotopic (exact) mass is 344 g/mol. The van der Waals surface area contributed by atoms with Crippen LogP contribution in [0.1, 0.15) is 17.0 Å². The van der Waals surface area contributed by atoms with Crippen LogP contribution in [0.25, 0.3) is 6.08 Å². The SMILES string of the molecule is COc1ccc(Cl)cc1NC(=O)/C(C#N)=C\c1c(C)nn(C)c1C. The molecule has 0 unspecified atom stereocenters. The Hall–Kier alpha value is -2.78. The summed E-state index contributed by atoms with van der Waals surface area (Å²) in [6.07, 6.45) is 1.53. The zero-order chi connectivity index (χ0) is 17.9. The number of amides is 1. The first-order valence-electron chi connectivity index (χ1n) is 7.14. The molecule has 0 fully saturated rings. The van der Waals surface area contributed by atoms with Gasteiger partial charge in [-0.05, 0) is 38.1 Å². The second-order valence-corrected chi connectivity index (χ2v) is 5.61. The molecule has 0 aliphatic rings. The molecule has 1 heterocycles. The van der Waals surface area contributed by atoms with Crippen LogP contribution in [-0.4, -0.2) is 22.8 Å². The maximum Gasteiger partial charge on any atom is 0.266 e. The molecule has 0 aliphatic heterocycles. The molecule has 0 atom stereocenters. The number of rotatable bonds is 4. The molecule has 1 N–H and O–H groups in total. The molecule has 2 aromatic rings. The molecule has 7 heteroatoms. The van der Waals surface area contributed by atoms with Crippen LogP contribution in [0, 0.1) is 25.2 Å². The van der Waals surface area contributed by atoms with E-state index in [2.05, 4.69) is 10.4 Å². The normalized spacial score (nSPS) is 11.1. The topological polar surface area (TPSA) is 79.9 Å². The zero-order valence-electron chi connectivity index (χ0n) is 13.8. The predicted molar refractivity (Wildman–Crippen MR) is 92.9 cm³/mol. The second kappa shape index (κ2) is 7.20. The van der Waals surface area contributed by atoms with Crippen molar-refractivity contribution in [1.29, 1.82) is 5.26 Å². The smallest absolute Gasteiger partial charge is 0.266 e. The number of carbonyl (C=O) groups excluding carboxylic acids is 1. The molecule has 0 bridgehead atoms. The largest absolute Gasteiger partial charge is 0.495 e. The maximum atomic E-state index is 12.4. The van der Waals surface area contributed by atoms with E-state index in [9.17, 15) is 10.1 Å². The minimum atomic E-state index is -0.541. The minimum absolute atomic E-state index is 0.0313. The fourth-order valence-electron chi connectivity index (χ4n) is 2.26. The van der Waals surface area contributed by atoms with Gasteiger partial charge in [-0.1, -0.05) is 11.6 Å². The number of aryl methyl sites for hydroxylation is 2. The van der Waals surface area contributed by atoms with Crippen LogP contribution < -0.4 is 10.1 Å². The first-order valence-corrected chi connectivity index (χ1v) is 7.52. The van der Waals surface area contributed by atoms with Gasteiger partial charge in [0.15, 0.2) is 0 Å². The van der Waals surface area contributed by atoms with E-state index in [1.807, 2.05) is 27.0 Å². The highest BCUT2D eigenvalue weighted by Gasteiger charge is 2.15. The predicted octanol–water partition coefficient (Wildman–Crippen LogP) is 3.24. The van der Waals surface area contributed by atoms with Crippen molar-refractivity contribution in [2.45, 2.75) is 13.8 Å². The Bertz CT molecular complexity index is 862. The van der Waals surface area contributed by atoms with Gasteiger partial charge in [0.25, 0.3) is 5.91 Å². The number of nitrogens with one attached hydrogen (secondary N) is 1. The number of methoxy groups -OCH3 is 1. The van der Waals surface area contributed by atoms with Crippen LogP contribution in [0.2, 0.25) is 5.02 Å². The van der Waals surface area contributed by atoms with Gasteiger partial charge in [0.05, 0.1) is 18.5 Å². The number of ether oxygens (including phenoxy) is 1. The lowest BCUT2D eigenvalue weighted by Crippen LogP contribution is -2.14. The molecular formula is C17H17ClN4O2. The zero-order valence-corrected chi connectivity index (χ0v) is 14.6. The van der Waals surface area contributed by atoms with E-state index >= 15 is 0 Å². The van der Waals surface area contributed by atoms with E-state index in [1.54, 1.807) is 22.9 Å². The van der Waals surface area contributed by atoms with Gasteiger partial charge < -0.3 is 10.1 Å². The quantitative estimate of drug-likeness (QED) is 0.682. The number of halogens is 1. The number of hydrogen-bond donors (Lipinski definition) is 1. The van der Waals surface area contributed by atoms with E-state index in [1.165, 1.54) is 13.2 Å². The number of carbonyl (C=O) groups is 1. The number of hydrogen-bond acceptors (Lipinski definition) is 4. The van der Waals surface area contributed by atoms with Gasteiger partial charge in [-0.25, -0.2) is 0 Å². The van der Waals surface area contributed by atoms with Crippen molar-refractivity contribution in [3.05, 3.63) is 45.7 Å². The summed E-state index contributed by atoms with van der Waals surface area (Å²) in [6, 6.07) is 6.78. The van der Waals surface area contributed by atoms with Crippen molar-refractivity contribution in [1.82, 2.24) is 9.78 Å². The highest BCUT2D eigenvalue weighted by Crippen LogP contribution is 2.28. The Morgan fingerprint density at radius 2 is 2.17 bits per heavy atom. The van der Waals surface area contributed by atoms with Gasteiger partial charge in [-0.2, -0.15) is 10.4 Å². The first kappa shape index (κ1) is 17.6. The van der Waals surface area contributed by atoms with Crippen LogP contribution >= 0.6 is 11.6 Å². The van der Waals surface area contributed by atoms with Crippen molar-refractivity contribution in [3.8, 4) is 11.8 Å². The Morgan fingerprint density at radius 3 is 2.71 bits per heavy atom. The molecule has 1 amide bonds. The molecule has 24 heavy (non-hydrogen) atoms. The molecule has 1 aromatic heterocycles. The van der Waals surface area contributed by atoms with Crippen LogP contribution in [0.5, 0.6) is 5.75 Å². The van der Waals surface area contributed by atoms with Crippen LogP contribution in [0.15, 0.2) is 23.8 Å². The van der Waals surface area contributed by atoms with Crippen molar-refractivity contribution < 1.29 is 9.53 Å². The van der Waals surface area contributed by atoms with E-state index in [-0.39, 0.29) is 5.57 Å². The van der Waals surface area contributed by atoms with Gasteiger partial charge in [-0.15, -0.1) is 0 Å². The lowest BCUT2D eigenvalue weighted by Gasteiger charge is -2.10. The van der Waals surface area contributed by atoms with Crippen LogP contribution in [0.3, 0.4) is 0 Å². The number of anilines is 1. The highest BCUT2D eigenvalue weighted by molar-refractivity contribution is 6.31. The van der Waals surface area contributed by atoms with E-state index in [0.717, 1.165) is 17.0 Å². The number of aromatic nitrogens is 2. The van der Waals surface area contributed by atoms with E-state index < -0.39 is 5.91 Å². The van der Waals surface area contributed by atoms with Gasteiger partial charge >= 0.3 is 0 Å². The number of benzene rings is 1. The third-order valence-corrected chi connectivity index (χ3v) is 3.86. The molecule has 0 radical (unpaired) electrons. The Kier molecular flexibility index (Phi) is 5.27. The van der Waals surface area contributed by atoms with Gasteiger partial charge in [0.1, 0.15) is 17.4 Å². The molecule has 1 aromatic carbocycles. The molecular weight excluding hydrogens is 328 g/mol. The molecule has 0 saturated carbocycles. The molecule has 2 rings (SSSR count). The summed E-state index contributed by atoms with van der Waals surface area (Å²) in [5.41, 5.74) is 2.73. The molecule has 0 aliphatic carbocycles. The highest BCUT2D eigenvalue weighted by atomic mass is 35.5. The maximum absolute atomic E-state index is 12.4. The first-order chi connectivity index (χ1) is 11.4. The Morgan fingerprint density at radius 1 is 1.46 bits per heavy atom. The second-order valence-electron chi connectivity index (χ2n) is 5.18. The number of nitrogens with zero attached hydrogens (tertiary/aromatic N) is 3. The third kappa shape index (κ3) is 3.58. The van der Waals surface area contributed by atoms with Crippen LogP contribution in [0.4, 0.5) is 5.69 Å². The fraction of sp³-hybridized carbons (Fsp3) is 0.235. The minimum Gasteiger partial charge on any atom is -0.495 e. The van der Waals surface area contributed by atoms with E-state index in [4.69, 9.17) is 16.3 Å². The Balaban J connectivity index is 2.35. The van der Waals surface area contributed by atoms with Crippen molar-refractivity contribution >= 4 is 29.3 Å². The summed E-state index contributed by atoms with van der Waals surface area (Å²) in [7, 11) is 3.30. The lowest BCUT2D eigenvalue weighted by atomic mass is 10.1. The third-order valence-electron chi connectivity index (χ3n) is 3.63. The standard InChI is InChI=1S/C17H17ClN4O2/c1-10-14(11(2)22(3)21-10)7-12(9-19)17(23)20-15-8-13(18)5-6-16(15)24-4/h5-8H,1-4H3,(H,20,23)/b12-7-. The summed E-state index contributed by atoms with van der Waals surface area (Å²) in [5, 5.41) is 16.7. The summed E-state index contributed by atoms with van der Waals surface area (Å²) in [6.45, 7) is 3.70. The summed E-state index contributed by atoms with van der Waals surface area (Å²) in [4.78, 5) is 12.4.